The Kier molecular flexibility index (Phi) is 6.17. The molecule has 0 aliphatic rings. The normalized spacial score (nSPS) is 10.0. The number of aromatic nitrogens is 2. The molecule has 1 aromatic heterocycles. The molecule has 0 unspecified atom stereocenters. The van der Waals surface area contributed by atoms with Gasteiger partial charge in [0.2, 0.25) is 5.88 Å². The van der Waals surface area contributed by atoms with Crippen LogP contribution in [0, 0.1) is 0 Å². The van der Waals surface area contributed by atoms with E-state index in [1.54, 1.807) is 31.4 Å². The molecule has 0 bridgehead atoms. The van der Waals surface area contributed by atoms with Gasteiger partial charge in [0.1, 0.15) is 18.1 Å². The van der Waals surface area contributed by atoms with Gasteiger partial charge in [-0.15, -0.1) is 10.2 Å². The number of rotatable bonds is 8. The Bertz CT molecular complexity index is 614. The molecule has 1 amide bonds. The van der Waals surface area contributed by atoms with Crippen LogP contribution in [0.15, 0.2) is 36.4 Å². The van der Waals surface area contributed by atoms with Crippen LogP contribution in [-0.4, -0.2) is 43.0 Å². The number of carbonyl (C=O) groups is 1. The molecule has 1 aromatic carbocycles. The lowest BCUT2D eigenvalue weighted by Crippen LogP contribution is -2.29. The Morgan fingerprint density at radius 3 is 2.39 bits per heavy atom. The lowest BCUT2D eigenvalue weighted by atomic mass is 10.3. The molecule has 122 valence electrons. The zero-order chi connectivity index (χ0) is 16.5. The topological polar surface area (TPSA) is 82.6 Å². The van der Waals surface area contributed by atoms with Crippen LogP contribution in [0.3, 0.4) is 0 Å². The first-order valence-corrected chi connectivity index (χ1v) is 7.24. The van der Waals surface area contributed by atoms with E-state index in [4.69, 9.17) is 14.2 Å². The smallest absolute Gasteiger partial charge is 0.271 e. The highest BCUT2D eigenvalue weighted by Crippen LogP contribution is 2.16. The summed E-state index contributed by atoms with van der Waals surface area (Å²) in [6.45, 7) is 3.07. The molecule has 1 heterocycles. The molecule has 0 radical (unpaired) electrons. The van der Waals surface area contributed by atoms with Crippen LogP contribution in [0.5, 0.6) is 17.4 Å². The summed E-state index contributed by atoms with van der Waals surface area (Å²) in [6, 6.07) is 10.4. The highest BCUT2D eigenvalue weighted by Gasteiger charge is 2.07. The number of nitrogens with zero attached hydrogens (tertiary/aromatic N) is 2. The highest BCUT2D eigenvalue weighted by atomic mass is 16.5. The summed E-state index contributed by atoms with van der Waals surface area (Å²) in [6.07, 6.45) is 0. The number of methoxy groups -OCH3 is 1. The van der Waals surface area contributed by atoms with E-state index in [1.807, 2.05) is 19.1 Å². The van der Waals surface area contributed by atoms with Gasteiger partial charge in [0.15, 0.2) is 5.69 Å². The number of ether oxygens (including phenoxy) is 3. The second-order valence-corrected chi connectivity index (χ2v) is 4.47. The summed E-state index contributed by atoms with van der Waals surface area (Å²) >= 11 is 0. The molecule has 0 fully saturated rings. The van der Waals surface area contributed by atoms with Crippen molar-refractivity contribution in [3.8, 4) is 17.4 Å². The average molecular weight is 317 g/mol. The van der Waals surface area contributed by atoms with Gasteiger partial charge in [0.05, 0.1) is 20.3 Å². The number of nitrogens with one attached hydrogen (secondary N) is 1. The van der Waals surface area contributed by atoms with Crippen molar-refractivity contribution in [3.63, 3.8) is 0 Å². The van der Waals surface area contributed by atoms with Gasteiger partial charge in [-0.1, -0.05) is 0 Å². The number of benzene rings is 1. The number of amides is 1. The van der Waals surface area contributed by atoms with Gasteiger partial charge >= 0.3 is 0 Å². The fraction of sp³-hybridized carbons (Fsp3) is 0.312. The first kappa shape index (κ1) is 16.5. The molecule has 0 aliphatic heterocycles. The van der Waals surface area contributed by atoms with E-state index in [2.05, 4.69) is 15.5 Å². The van der Waals surface area contributed by atoms with Crippen molar-refractivity contribution in [1.82, 2.24) is 15.5 Å². The number of hydrogen-bond acceptors (Lipinski definition) is 6. The molecule has 7 heteroatoms. The van der Waals surface area contributed by atoms with Gasteiger partial charge < -0.3 is 19.5 Å². The lowest BCUT2D eigenvalue weighted by Gasteiger charge is -2.08. The van der Waals surface area contributed by atoms with E-state index < -0.39 is 0 Å². The molecule has 23 heavy (non-hydrogen) atoms. The minimum atomic E-state index is -0.307. The van der Waals surface area contributed by atoms with E-state index in [9.17, 15) is 4.79 Å². The van der Waals surface area contributed by atoms with Crippen molar-refractivity contribution in [2.45, 2.75) is 6.92 Å². The van der Waals surface area contributed by atoms with Crippen LogP contribution in [-0.2, 0) is 0 Å². The third-order valence-corrected chi connectivity index (χ3v) is 2.88. The summed E-state index contributed by atoms with van der Waals surface area (Å²) in [5, 5.41) is 10.3. The molecule has 0 saturated carbocycles. The monoisotopic (exact) mass is 317 g/mol. The molecule has 1 N–H and O–H groups in total. The molecule has 0 spiro atoms. The zero-order valence-corrected chi connectivity index (χ0v) is 13.1. The highest BCUT2D eigenvalue weighted by molar-refractivity contribution is 5.92. The first-order chi connectivity index (χ1) is 11.2. The van der Waals surface area contributed by atoms with Crippen molar-refractivity contribution in [2.75, 3.05) is 26.9 Å². The number of carbonyl (C=O) groups excluding carboxylic acids is 1. The van der Waals surface area contributed by atoms with Gasteiger partial charge in [-0.25, -0.2) is 0 Å². The van der Waals surface area contributed by atoms with Crippen molar-refractivity contribution >= 4 is 5.91 Å². The molecule has 2 rings (SSSR count). The minimum Gasteiger partial charge on any atom is -0.497 e. The molecular weight excluding hydrogens is 298 g/mol. The Morgan fingerprint density at radius 1 is 1.04 bits per heavy atom. The maximum atomic E-state index is 11.9. The van der Waals surface area contributed by atoms with Crippen LogP contribution < -0.4 is 19.5 Å². The Morgan fingerprint density at radius 2 is 1.78 bits per heavy atom. The van der Waals surface area contributed by atoms with Gasteiger partial charge in [-0.2, -0.15) is 0 Å². The molecule has 0 aliphatic carbocycles. The summed E-state index contributed by atoms with van der Waals surface area (Å²) < 4.78 is 15.8. The predicted octanol–water partition coefficient (Wildman–Crippen LogP) is 1.69. The Balaban J connectivity index is 1.73. The largest absolute Gasteiger partial charge is 0.497 e. The van der Waals surface area contributed by atoms with Crippen LogP contribution in [0.2, 0.25) is 0 Å². The Labute approximate surface area is 134 Å². The van der Waals surface area contributed by atoms with Gasteiger partial charge in [0, 0.05) is 6.07 Å². The van der Waals surface area contributed by atoms with Gasteiger partial charge in [0.25, 0.3) is 5.91 Å². The van der Waals surface area contributed by atoms with Crippen molar-refractivity contribution < 1.29 is 19.0 Å². The third kappa shape index (κ3) is 5.14. The van der Waals surface area contributed by atoms with E-state index in [1.165, 1.54) is 0 Å². The maximum absolute atomic E-state index is 11.9. The van der Waals surface area contributed by atoms with E-state index >= 15 is 0 Å². The fourth-order valence-corrected chi connectivity index (χ4v) is 1.76. The van der Waals surface area contributed by atoms with E-state index in [-0.39, 0.29) is 11.6 Å². The van der Waals surface area contributed by atoms with Gasteiger partial charge in [-0.05, 0) is 37.3 Å². The molecular formula is C16H19N3O4. The Hall–Kier alpha value is -2.83. The maximum Gasteiger partial charge on any atom is 0.271 e. The molecule has 0 saturated heterocycles. The SMILES string of the molecule is CCOc1ccc(C(=O)NCCOc2ccc(OC)cc2)nn1. The van der Waals surface area contributed by atoms with Gasteiger partial charge in [-0.3, -0.25) is 4.79 Å². The molecule has 2 aromatic rings. The standard InChI is InChI=1S/C16H19N3O4/c1-3-22-15-9-8-14(18-19-15)16(20)17-10-11-23-13-6-4-12(21-2)5-7-13/h4-9H,3,10-11H2,1-2H3,(H,17,20). The lowest BCUT2D eigenvalue weighted by molar-refractivity contribution is 0.0940. The third-order valence-electron chi connectivity index (χ3n) is 2.88. The predicted molar refractivity (Wildman–Crippen MR) is 84.0 cm³/mol. The van der Waals surface area contributed by atoms with Crippen molar-refractivity contribution in [3.05, 3.63) is 42.1 Å². The van der Waals surface area contributed by atoms with E-state index in [0.717, 1.165) is 5.75 Å². The van der Waals surface area contributed by atoms with Crippen LogP contribution in [0.25, 0.3) is 0 Å². The molecule has 7 nitrogen and oxygen atoms in total. The summed E-state index contributed by atoms with van der Waals surface area (Å²) in [7, 11) is 1.61. The van der Waals surface area contributed by atoms with E-state index in [0.29, 0.717) is 31.4 Å². The van der Waals surface area contributed by atoms with Crippen molar-refractivity contribution in [1.29, 1.82) is 0 Å². The molecule has 0 atom stereocenters. The quantitative estimate of drug-likeness (QED) is 0.746. The van der Waals surface area contributed by atoms with Crippen molar-refractivity contribution in [2.24, 2.45) is 0 Å². The second-order valence-electron chi connectivity index (χ2n) is 4.47. The van der Waals surface area contributed by atoms with Crippen LogP contribution in [0.1, 0.15) is 17.4 Å². The number of hydrogen-bond donors (Lipinski definition) is 1. The minimum absolute atomic E-state index is 0.234. The first-order valence-electron chi connectivity index (χ1n) is 7.24. The average Bonchev–Trinajstić information content (AvgIpc) is 2.60. The second kappa shape index (κ2) is 8.57. The summed E-state index contributed by atoms with van der Waals surface area (Å²) in [5.74, 6) is 1.56. The fourth-order valence-electron chi connectivity index (χ4n) is 1.76. The summed E-state index contributed by atoms with van der Waals surface area (Å²) in [5.41, 5.74) is 0.234. The summed E-state index contributed by atoms with van der Waals surface area (Å²) in [4.78, 5) is 11.9. The van der Waals surface area contributed by atoms with Crippen LogP contribution in [0.4, 0.5) is 0 Å². The van der Waals surface area contributed by atoms with Crippen LogP contribution >= 0.6 is 0 Å². The zero-order valence-electron chi connectivity index (χ0n) is 13.1.